The van der Waals surface area contributed by atoms with E-state index in [0.29, 0.717) is 5.82 Å². The SMILES string of the molecule is Cc1cccnc1Nc1ncnc(NNC(=O)c2ccc(F)cc2)c1[N+](=O)[O-]. The van der Waals surface area contributed by atoms with Gasteiger partial charge in [0.05, 0.1) is 4.92 Å². The minimum Gasteiger partial charge on any atom is -0.319 e. The lowest BCUT2D eigenvalue weighted by molar-refractivity contribution is -0.383. The molecule has 0 aliphatic rings. The first-order chi connectivity index (χ1) is 13.5. The molecule has 0 spiro atoms. The molecule has 0 fully saturated rings. The van der Waals surface area contributed by atoms with E-state index in [1.807, 2.05) is 0 Å². The van der Waals surface area contributed by atoms with Crippen LogP contribution in [0.5, 0.6) is 0 Å². The molecule has 0 radical (unpaired) electrons. The number of carbonyl (C=O) groups is 1. The Kier molecular flexibility index (Phi) is 5.35. The van der Waals surface area contributed by atoms with Gasteiger partial charge in [0.1, 0.15) is 18.0 Å². The summed E-state index contributed by atoms with van der Waals surface area (Å²) in [7, 11) is 0. The molecule has 0 unspecified atom stereocenters. The topological polar surface area (TPSA) is 135 Å². The summed E-state index contributed by atoms with van der Waals surface area (Å²) in [6, 6.07) is 8.31. The number of benzene rings is 1. The summed E-state index contributed by atoms with van der Waals surface area (Å²) in [5.74, 6) is -1.04. The van der Waals surface area contributed by atoms with Crippen LogP contribution in [0.2, 0.25) is 0 Å². The molecular formula is C17H14FN7O3. The van der Waals surface area contributed by atoms with Crippen LogP contribution in [-0.4, -0.2) is 25.8 Å². The first kappa shape index (κ1) is 18.6. The minimum atomic E-state index is -0.688. The number of aryl methyl sites for hydroxylation is 1. The van der Waals surface area contributed by atoms with E-state index in [2.05, 4.69) is 31.1 Å². The zero-order chi connectivity index (χ0) is 20.1. The lowest BCUT2D eigenvalue weighted by atomic mass is 10.2. The highest BCUT2D eigenvalue weighted by Crippen LogP contribution is 2.30. The van der Waals surface area contributed by atoms with Gasteiger partial charge in [-0.15, -0.1) is 0 Å². The second-order valence-corrected chi connectivity index (χ2v) is 5.56. The lowest BCUT2D eigenvalue weighted by Crippen LogP contribution is -2.30. The molecule has 0 bridgehead atoms. The van der Waals surface area contributed by atoms with Crippen molar-refractivity contribution in [2.24, 2.45) is 0 Å². The van der Waals surface area contributed by atoms with Crippen LogP contribution in [0.3, 0.4) is 0 Å². The molecule has 0 saturated heterocycles. The fraction of sp³-hybridized carbons (Fsp3) is 0.0588. The monoisotopic (exact) mass is 383 g/mol. The highest BCUT2D eigenvalue weighted by Gasteiger charge is 2.24. The number of amides is 1. The van der Waals surface area contributed by atoms with Crippen molar-refractivity contribution in [2.45, 2.75) is 6.92 Å². The molecule has 3 rings (SSSR count). The third kappa shape index (κ3) is 4.15. The number of hydrogen-bond donors (Lipinski definition) is 3. The number of aromatic nitrogens is 3. The van der Waals surface area contributed by atoms with E-state index in [4.69, 9.17) is 0 Å². The van der Waals surface area contributed by atoms with Gasteiger partial charge in [-0.1, -0.05) is 6.07 Å². The van der Waals surface area contributed by atoms with Crippen LogP contribution < -0.4 is 16.2 Å². The predicted octanol–water partition coefficient (Wildman–Crippen LogP) is 2.73. The van der Waals surface area contributed by atoms with Crippen molar-refractivity contribution in [1.29, 1.82) is 0 Å². The summed E-state index contributed by atoms with van der Waals surface area (Å²) in [6.07, 6.45) is 2.63. The van der Waals surface area contributed by atoms with Crippen LogP contribution >= 0.6 is 0 Å². The van der Waals surface area contributed by atoms with Gasteiger partial charge in [0.15, 0.2) is 0 Å². The van der Waals surface area contributed by atoms with Gasteiger partial charge < -0.3 is 5.32 Å². The molecule has 2 heterocycles. The fourth-order valence-electron chi connectivity index (χ4n) is 2.25. The van der Waals surface area contributed by atoms with Gasteiger partial charge in [-0.2, -0.15) is 0 Å². The van der Waals surface area contributed by atoms with E-state index in [0.717, 1.165) is 24.0 Å². The van der Waals surface area contributed by atoms with Crippen LogP contribution in [0.1, 0.15) is 15.9 Å². The molecule has 3 aromatic rings. The van der Waals surface area contributed by atoms with E-state index >= 15 is 0 Å². The molecule has 1 amide bonds. The average Bonchev–Trinajstić information content (AvgIpc) is 2.68. The highest BCUT2D eigenvalue weighted by molar-refractivity contribution is 5.95. The Hall–Kier alpha value is -4.15. The first-order valence-corrected chi connectivity index (χ1v) is 7.95. The number of pyridine rings is 1. The number of rotatable bonds is 6. The molecule has 0 saturated carbocycles. The number of nitro groups is 1. The van der Waals surface area contributed by atoms with E-state index in [1.165, 1.54) is 18.3 Å². The quantitative estimate of drug-likeness (QED) is 0.437. The standard InChI is InChI=1S/C17H14FN7O3/c1-10-3-2-8-19-14(10)22-15-13(25(27)28)16(21-9-20-15)23-24-17(26)11-4-6-12(18)7-5-11/h2-9H,1H3,(H,24,26)(H2,19,20,21,22,23). The van der Waals surface area contributed by atoms with Crippen LogP contribution in [0.25, 0.3) is 0 Å². The van der Waals surface area contributed by atoms with Crippen LogP contribution in [-0.2, 0) is 0 Å². The normalized spacial score (nSPS) is 10.2. The molecular weight excluding hydrogens is 369 g/mol. The van der Waals surface area contributed by atoms with Gasteiger partial charge >= 0.3 is 5.69 Å². The van der Waals surface area contributed by atoms with Crippen molar-refractivity contribution < 1.29 is 14.1 Å². The largest absolute Gasteiger partial charge is 0.355 e. The number of carbonyl (C=O) groups excluding carboxylic acids is 1. The van der Waals surface area contributed by atoms with Crippen LogP contribution in [0.15, 0.2) is 48.9 Å². The van der Waals surface area contributed by atoms with Crippen molar-refractivity contribution in [3.63, 3.8) is 0 Å². The molecule has 28 heavy (non-hydrogen) atoms. The van der Waals surface area contributed by atoms with Crippen molar-refractivity contribution in [1.82, 2.24) is 20.4 Å². The molecule has 11 heteroatoms. The van der Waals surface area contributed by atoms with E-state index in [9.17, 15) is 19.3 Å². The summed E-state index contributed by atoms with van der Waals surface area (Å²) in [4.78, 5) is 34.8. The third-order valence-corrected chi connectivity index (χ3v) is 3.65. The Bertz CT molecular complexity index is 1030. The number of hydrazine groups is 1. The number of halogens is 1. The molecule has 1 aromatic carbocycles. The van der Waals surface area contributed by atoms with Crippen molar-refractivity contribution in [2.75, 3.05) is 10.7 Å². The molecule has 3 N–H and O–H groups in total. The second kappa shape index (κ2) is 8.03. The molecule has 0 aliphatic heterocycles. The molecule has 2 aromatic heterocycles. The summed E-state index contributed by atoms with van der Waals surface area (Å²) in [5.41, 5.74) is 5.12. The van der Waals surface area contributed by atoms with E-state index < -0.39 is 22.3 Å². The molecule has 142 valence electrons. The number of hydrogen-bond acceptors (Lipinski definition) is 8. The predicted molar refractivity (Wildman–Crippen MR) is 98.4 cm³/mol. The summed E-state index contributed by atoms with van der Waals surface area (Å²) in [5, 5.41) is 14.3. The second-order valence-electron chi connectivity index (χ2n) is 5.56. The smallest absolute Gasteiger partial charge is 0.319 e. The summed E-state index contributed by atoms with van der Waals surface area (Å²) in [6.45, 7) is 1.78. The zero-order valence-corrected chi connectivity index (χ0v) is 14.5. The molecule has 0 atom stereocenters. The fourth-order valence-corrected chi connectivity index (χ4v) is 2.25. The van der Waals surface area contributed by atoms with Crippen LogP contribution in [0, 0.1) is 22.9 Å². The number of nitrogens with one attached hydrogen (secondary N) is 3. The zero-order valence-electron chi connectivity index (χ0n) is 14.5. The van der Waals surface area contributed by atoms with Gasteiger partial charge in [0, 0.05) is 11.8 Å². The minimum absolute atomic E-state index is 0.0969. The number of nitrogens with zero attached hydrogens (tertiary/aromatic N) is 4. The van der Waals surface area contributed by atoms with Gasteiger partial charge in [0.25, 0.3) is 5.91 Å². The lowest BCUT2D eigenvalue weighted by Gasteiger charge is -2.11. The van der Waals surface area contributed by atoms with E-state index in [1.54, 1.807) is 19.1 Å². The van der Waals surface area contributed by atoms with Gasteiger partial charge in [-0.3, -0.25) is 25.8 Å². The van der Waals surface area contributed by atoms with Crippen molar-refractivity contribution >= 4 is 29.0 Å². The Morgan fingerprint density at radius 1 is 1.07 bits per heavy atom. The summed E-state index contributed by atoms with van der Waals surface area (Å²) < 4.78 is 12.9. The third-order valence-electron chi connectivity index (χ3n) is 3.65. The Labute approximate surface area is 158 Å². The maximum Gasteiger partial charge on any atom is 0.355 e. The van der Waals surface area contributed by atoms with Gasteiger partial charge in [0.2, 0.25) is 11.6 Å². The maximum atomic E-state index is 12.9. The van der Waals surface area contributed by atoms with Gasteiger partial charge in [-0.25, -0.2) is 19.3 Å². The highest BCUT2D eigenvalue weighted by atomic mass is 19.1. The maximum absolute atomic E-state index is 12.9. The number of anilines is 3. The molecule has 0 aliphatic carbocycles. The Morgan fingerprint density at radius 3 is 2.46 bits per heavy atom. The Morgan fingerprint density at radius 2 is 1.79 bits per heavy atom. The van der Waals surface area contributed by atoms with Crippen LogP contribution in [0.4, 0.5) is 27.5 Å². The first-order valence-electron chi connectivity index (χ1n) is 7.95. The van der Waals surface area contributed by atoms with E-state index in [-0.39, 0.29) is 17.2 Å². The van der Waals surface area contributed by atoms with Crippen molar-refractivity contribution in [3.05, 3.63) is 76.0 Å². The molecule has 10 nitrogen and oxygen atoms in total. The van der Waals surface area contributed by atoms with Crippen molar-refractivity contribution in [3.8, 4) is 0 Å². The Balaban J connectivity index is 1.83. The average molecular weight is 383 g/mol. The van der Waals surface area contributed by atoms with Gasteiger partial charge in [-0.05, 0) is 42.8 Å². The summed E-state index contributed by atoms with van der Waals surface area (Å²) >= 11 is 0.